The van der Waals surface area contributed by atoms with E-state index in [4.69, 9.17) is 14.5 Å². The van der Waals surface area contributed by atoms with Crippen LogP contribution in [0, 0.1) is 24.7 Å². The number of nitrogens with zero attached hydrogens (tertiary/aromatic N) is 2. The Morgan fingerprint density at radius 3 is 2.66 bits per heavy atom. The highest BCUT2D eigenvalue weighted by Crippen LogP contribution is 2.47. The number of nitrogens with one attached hydrogen (secondary N) is 2. The number of amides is 2. The first-order valence-electron chi connectivity index (χ1n) is 16.8. The zero-order valence-electron chi connectivity index (χ0n) is 27.9. The number of benzene rings is 1. The van der Waals surface area contributed by atoms with Gasteiger partial charge in [0.2, 0.25) is 11.8 Å². The minimum Gasteiger partial charge on any atom is -0.496 e. The summed E-state index contributed by atoms with van der Waals surface area (Å²) in [5.74, 6) is -1.46. The van der Waals surface area contributed by atoms with E-state index in [0.29, 0.717) is 31.6 Å². The molecule has 1 aromatic carbocycles. The van der Waals surface area contributed by atoms with Crippen LogP contribution in [0.1, 0.15) is 86.8 Å². The summed E-state index contributed by atoms with van der Waals surface area (Å²) in [5.41, 5.74) is 3.20. The van der Waals surface area contributed by atoms with E-state index < -0.39 is 35.4 Å². The summed E-state index contributed by atoms with van der Waals surface area (Å²) >= 11 is 0. The maximum absolute atomic E-state index is 13.9. The quantitative estimate of drug-likeness (QED) is 0.348. The molecule has 3 heterocycles. The van der Waals surface area contributed by atoms with E-state index in [1.54, 1.807) is 19.1 Å². The first-order chi connectivity index (χ1) is 22.5. The summed E-state index contributed by atoms with van der Waals surface area (Å²) in [6, 6.07) is 9.62. The highest BCUT2D eigenvalue weighted by molar-refractivity contribution is 5.94. The molecule has 0 spiro atoms. The van der Waals surface area contributed by atoms with Gasteiger partial charge in [-0.1, -0.05) is 32.1 Å². The first-order valence-corrected chi connectivity index (χ1v) is 16.8. The van der Waals surface area contributed by atoms with Crippen LogP contribution in [0.4, 0.5) is 5.69 Å². The lowest BCUT2D eigenvalue weighted by Crippen LogP contribution is -2.49. The van der Waals surface area contributed by atoms with Crippen LogP contribution in [0.3, 0.4) is 0 Å². The SMILES string of the molecule is COc1ccc2c(c1C)NC(c1cccc(C(C)C)n1)C=C2O[C@@H]1C[C@H]2C(=O)N[C@]3(C(=O)O)C[C@H]3/C=C\CCCCN(C)C(=O)[C@@H]2C1. The van der Waals surface area contributed by atoms with Crippen LogP contribution >= 0.6 is 0 Å². The van der Waals surface area contributed by atoms with Crippen molar-refractivity contribution in [2.45, 2.75) is 82.9 Å². The second-order valence-corrected chi connectivity index (χ2v) is 13.8. The second-order valence-electron chi connectivity index (χ2n) is 13.8. The standard InChI is InChI=1S/C37H46N4O6/c1-21(2)28-12-10-13-29(38-28)30-19-32(25-14-15-31(46-5)22(3)33(25)39-30)47-24-17-26-27(18-24)35(43)41(4)16-9-7-6-8-11-23-20-37(23,36(44)45)40-34(26)42/h8,10-15,19,21,23-24,26-27,30,39H,6-7,9,16-18,20H2,1-5H3,(H,40,42)(H,44,45)/b11-8-/t23-,24-,26-,27-,30?,37-/m1/s1. The topological polar surface area (TPSA) is 130 Å². The van der Waals surface area contributed by atoms with Gasteiger partial charge in [0, 0.05) is 36.3 Å². The van der Waals surface area contributed by atoms with Gasteiger partial charge >= 0.3 is 5.97 Å². The van der Waals surface area contributed by atoms with Gasteiger partial charge in [0.25, 0.3) is 0 Å². The Bertz CT molecular complexity index is 1620. The molecule has 10 heteroatoms. The van der Waals surface area contributed by atoms with E-state index in [-0.39, 0.29) is 23.8 Å². The molecule has 2 aromatic rings. The summed E-state index contributed by atoms with van der Waals surface area (Å²) in [4.78, 5) is 46.7. The van der Waals surface area contributed by atoms with Crippen molar-refractivity contribution in [3.8, 4) is 5.75 Å². The Kier molecular flexibility index (Phi) is 9.05. The number of methoxy groups -OCH3 is 1. The number of ether oxygens (including phenoxy) is 2. The zero-order chi connectivity index (χ0) is 33.5. The lowest BCUT2D eigenvalue weighted by Gasteiger charge is -2.30. The summed E-state index contributed by atoms with van der Waals surface area (Å²) in [7, 11) is 3.43. The molecule has 2 aliphatic carbocycles. The monoisotopic (exact) mass is 642 g/mol. The van der Waals surface area contributed by atoms with Crippen molar-refractivity contribution < 1.29 is 29.0 Å². The molecule has 250 valence electrons. The van der Waals surface area contributed by atoms with Crippen LogP contribution in [0.15, 0.2) is 48.6 Å². The number of fused-ring (bicyclic) bond motifs is 3. The number of carbonyl (C=O) groups excluding carboxylic acids is 2. The maximum Gasteiger partial charge on any atom is 0.330 e. The molecule has 0 saturated heterocycles. The number of pyridine rings is 1. The predicted octanol–water partition coefficient (Wildman–Crippen LogP) is 5.60. The fourth-order valence-electron chi connectivity index (χ4n) is 7.34. The highest BCUT2D eigenvalue weighted by Gasteiger charge is 2.61. The predicted molar refractivity (Wildman–Crippen MR) is 179 cm³/mol. The average molecular weight is 643 g/mol. The molecular formula is C37H46N4O6. The molecule has 10 nitrogen and oxygen atoms in total. The third-order valence-corrected chi connectivity index (χ3v) is 10.3. The molecule has 1 aromatic heterocycles. The molecule has 2 aliphatic heterocycles. The molecule has 2 saturated carbocycles. The molecular weight excluding hydrogens is 596 g/mol. The summed E-state index contributed by atoms with van der Waals surface area (Å²) in [6.45, 7) is 6.82. The summed E-state index contributed by atoms with van der Waals surface area (Å²) in [6.07, 6.45) is 9.05. The minimum atomic E-state index is -1.33. The third-order valence-electron chi connectivity index (χ3n) is 10.3. The Morgan fingerprint density at radius 2 is 1.91 bits per heavy atom. The van der Waals surface area contributed by atoms with Crippen molar-refractivity contribution >= 4 is 29.2 Å². The van der Waals surface area contributed by atoms with Gasteiger partial charge in [-0.25, -0.2) is 4.79 Å². The van der Waals surface area contributed by atoms with Crippen LogP contribution in [0.2, 0.25) is 0 Å². The van der Waals surface area contributed by atoms with Crippen LogP contribution in [0.5, 0.6) is 5.75 Å². The molecule has 0 bridgehead atoms. The molecule has 4 aliphatic rings. The largest absolute Gasteiger partial charge is 0.496 e. The Hall–Kier alpha value is -4.34. The smallest absolute Gasteiger partial charge is 0.330 e. The van der Waals surface area contributed by atoms with Crippen molar-refractivity contribution in [3.05, 3.63) is 71.1 Å². The Labute approximate surface area is 276 Å². The zero-order valence-corrected chi connectivity index (χ0v) is 27.9. The number of aromatic nitrogens is 1. The van der Waals surface area contributed by atoms with Crippen molar-refractivity contribution in [3.63, 3.8) is 0 Å². The van der Waals surface area contributed by atoms with E-state index >= 15 is 0 Å². The molecule has 47 heavy (non-hydrogen) atoms. The molecule has 6 rings (SSSR count). The average Bonchev–Trinajstić information content (AvgIpc) is 3.59. The lowest BCUT2D eigenvalue weighted by molar-refractivity contribution is -0.145. The molecule has 1 unspecified atom stereocenters. The maximum atomic E-state index is 13.9. The minimum absolute atomic E-state index is 0.103. The van der Waals surface area contributed by atoms with Crippen LogP contribution < -0.4 is 15.4 Å². The van der Waals surface area contributed by atoms with E-state index in [0.717, 1.165) is 53.2 Å². The van der Waals surface area contributed by atoms with Crippen molar-refractivity contribution in [1.29, 1.82) is 0 Å². The number of aliphatic carboxylic acids is 1. The molecule has 2 fully saturated rings. The van der Waals surface area contributed by atoms with Crippen LogP contribution in [0.25, 0.3) is 5.76 Å². The highest BCUT2D eigenvalue weighted by atomic mass is 16.5. The number of anilines is 1. The van der Waals surface area contributed by atoms with Crippen molar-refractivity contribution in [1.82, 2.24) is 15.2 Å². The third kappa shape index (κ3) is 6.34. The Balaban J connectivity index is 1.32. The van der Waals surface area contributed by atoms with Gasteiger partial charge in [0.1, 0.15) is 23.2 Å². The number of rotatable bonds is 6. The van der Waals surface area contributed by atoms with Crippen LogP contribution in [-0.4, -0.2) is 65.1 Å². The van der Waals surface area contributed by atoms with E-state index in [1.165, 1.54) is 0 Å². The fraction of sp³-hybridized carbons (Fsp3) is 0.514. The second kappa shape index (κ2) is 13.0. The van der Waals surface area contributed by atoms with Crippen molar-refractivity contribution in [2.75, 3.05) is 26.0 Å². The summed E-state index contributed by atoms with van der Waals surface area (Å²) in [5, 5.41) is 16.6. The van der Waals surface area contributed by atoms with Gasteiger partial charge < -0.3 is 30.1 Å². The van der Waals surface area contributed by atoms with E-state index in [2.05, 4.69) is 24.5 Å². The van der Waals surface area contributed by atoms with Crippen molar-refractivity contribution in [2.24, 2.45) is 17.8 Å². The van der Waals surface area contributed by atoms with Crippen LogP contribution in [-0.2, 0) is 19.1 Å². The number of carboxylic acids is 1. The number of hydrogen-bond acceptors (Lipinski definition) is 7. The number of hydrogen-bond donors (Lipinski definition) is 3. The molecule has 6 atom stereocenters. The Morgan fingerprint density at radius 1 is 1.13 bits per heavy atom. The molecule has 0 radical (unpaired) electrons. The van der Waals surface area contributed by atoms with Gasteiger partial charge in [0.05, 0.1) is 36.4 Å². The van der Waals surface area contributed by atoms with Gasteiger partial charge in [-0.3, -0.25) is 14.6 Å². The van der Waals surface area contributed by atoms with Gasteiger partial charge in [-0.05, 0) is 81.7 Å². The summed E-state index contributed by atoms with van der Waals surface area (Å²) < 4.78 is 12.4. The molecule has 3 N–H and O–H groups in total. The van der Waals surface area contributed by atoms with E-state index in [9.17, 15) is 19.5 Å². The normalized spacial score (nSPS) is 29.7. The van der Waals surface area contributed by atoms with Gasteiger partial charge in [0.15, 0.2) is 0 Å². The lowest BCUT2D eigenvalue weighted by atomic mass is 9.93. The van der Waals surface area contributed by atoms with Gasteiger partial charge in [-0.2, -0.15) is 0 Å². The first kappa shape index (κ1) is 32.6. The number of allylic oxidation sites excluding steroid dienone is 1. The van der Waals surface area contributed by atoms with E-state index in [1.807, 2.05) is 55.5 Å². The number of carbonyl (C=O) groups is 3. The number of carboxylic acid groups (broad SMARTS) is 1. The fourth-order valence-corrected chi connectivity index (χ4v) is 7.34. The van der Waals surface area contributed by atoms with Gasteiger partial charge in [-0.15, -0.1) is 0 Å². The molecule has 2 amide bonds.